The SMILES string of the molecule is O=C1c2ccccc2C(=O)N1C1CCN(CCCc2c[nH]c3ccccc23)CC1. The molecule has 1 saturated heterocycles. The summed E-state index contributed by atoms with van der Waals surface area (Å²) in [6, 6.07) is 15.6. The maximum atomic E-state index is 12.7. The Hall–Kier alpha value is -2.92. The molecule has 2 aromatic carbocycles. The van der Waals surface area contributed by atoms with Crippen molar-refractivity contribution in [3.63, 3.8) is 0 Å². The van der Waals surface area contributed by atoms with Crippen LogP contribution in [0.3, 0.4) is 0 Å². The van der Waals surface area contributed by atoms with E-state index in [1.807, 2.05) is 12.1 Å². The standard InChI is InChI=1S/C24H25N3O2/c28-23-20-8-1-2-9-21(20)24(29)27(23)18-11-14-26(15-12-18)13-5-6-17-16-25-22-10-4-3-7-19(17)22/h1-4,7-10,16,18,25H,5-6,11-15H2. The lowest BCUT2D eigenvalue weighted by Gasteiger charge is -2.35. The second-order valence-corrected chi connectivity index (χ2v) is 8.06. The predicted molar refractivity (Wildman–Crippen MR) is 113 cm³/mol. The Morgan fingerprint density at radius 1 is 0.897 bits per heavy atom. The zero-order chi connectivity index (χ0) is 19.8. The Morgan fingerprint density at radius 3 is 2.28 bits per heavy atom. The number of hydrogen-bond acceptors (Lipinski definition) is 3. The first-order chi connectivity index (χ1) is 14.2. The van der Waals surface area contributed by atoms with Gasteiger partial charge in [0.05, 0.1) is 11.1 Å². The maximum Gasteiger partial charge on any atom is 0.261 e. The lowest BCUT2D eigenvalue weighted by molar-refractivity contribution is 0.0502. The molecule has 3 heterocycles. The van der Waals surface area contributed by atoms with Crippen LogP contribution in [0.5, 0.6) is 0 Å². The molecule has 148 valence electrons. The zero-order valence-corrected chi connectivity index (χ0v) is 16.4. The molecular weight excluding hydrogens is 362 g/mol. The summed E-state index contributed by atoms with van der Waals surface area (Å²) in [6.07, 6.45) is 6.01. The minimum absolute atomic E-state index is 0.0206. The average molecular weight is 387 g/mol. The van der Waals surface area contributed by atoms with Crippen molar-refractivity contribution in [1.82, 2.24) is 14.8 Å². The molecule has 0 atom stereocenters. The van der Waals surface area contributed by atoms with Gasteiger partial charge in [-0.1, -0.05) is 30.3 Å². The first-order valence-electron chi connectivity index (χ1n) is 10.5. The number of carbonyl (C=O) groups is 2. The van der Waals surface area contributed by atoms with Crippen LogP contribution in [0.1, 0.15) is 45.5 Å². The van der Waals surface area contributed by atoms with E-state index in [4.69, 9.17) is 0 Å². The summed E-state index contributed by atoms with van der Waals surface area (Å²) in [6.45, 7) is 2.92. The second kappa shape index (κ2) is 7.48. The number of piperidine rings is 1. The molecule has 0 unspecified atom stereocenters. The van der Waals surface area contributed by atoms with Crippen molar-refractivity contribution in [1.29, 1.82) is 0 Å². The number of nitrogens with one attached hydrogen (secondary N) is 1. The number of fused-ring (bicyclic) bond motifs is 2. The molecule has 1 fully saturated rings. The smallest absolute Gasteiger partial charge is 0.261 e. The van der Waals surface area contributed by atoms with Crippen LogP contribution in [0, 0.1) is 0 Å². The summed E-state index contributed by atoms with van der Waals surface area (Å²) >= 11 is 0. The molecular formula is C24H25N3O2. The van der Waals surface area contributed by atoms with E-state index in [2.05, 4.69) is 40.3 Å². The van der Waals surface area contributed by atoms with Gasteiger partial charge in [-0.2, -0.15) is 0 Å². The van der Waals surface area contributed by atoms with E-state index >= 15 is 0 Å². The van der Waals surface area contributed by atoms with Crippen LogP contribution in [-0.4, -0.2) is 52.3 Å². The Balaban J connectivity index is 1.15. The third-order valence-corrected chi connectivity index (χ3v) is 6.34. The Kier molecular flexibility index (Phi) is 4.68. The number of H-pyrrole nitrogens is 1. The number of rotatable bonds is 5. The summed E-state index contributed by atoms with van der Waals surface area (Å²) in [5.41, 5.74) is 3.68. The molecule has 0 radical (unpaired) electrons. The largest absolute Gasteiger partial charge is 0.361 e. The van der Waals surface area contributed by atoms with Gasteiger partial charge in [0.1, 0.15) is 0 Å². The summed E-state index contributed by atoms with van der Waals surface area (Å²) in [7, 11) is 0. The van der Waals surface area contributed by atoms with Gasteiger partial charge in [-0.15, -0.1) is 0 Å². The summed E-state index contributed by atoms with van der Waals surface area (Å²) < 4.78 is 0. The molecule has 3 aromatic rings. The number of aromatic nitrogens is 1. The highest BCUT2D eigenvalue weighted by Gasteiger charge is 2.40. The van der Waals surface area contributed by atoms with Crippen molar-refractivity contribution in [2.45, 2.75) is 31.7 Å². The maximum absolute atomic E-state index is 12.7. The van der Waals surface area contributed by atoms with Crippen LogP contribution in [0.15, 0.2) is 54.7 Å². The fourth-order valence-electron chi connectivity index (χ4n) is 4.77. The fraction of sp³-hybridized carbons (Fsp3) is 0.333. The quantitative estimate of drug-likeness (QED) is 0.677. The molecule has 0 spiro atoms. The summed E-state index contributed by atoms with van der Waals surface area (Å²) in [5, 5.41) is 1.32. The van der Waals surface area contributed by atoms with Gasteiger partial charge in [0.2, 0.25) is 0 Å². The second-order valence-electron chi connectivity index (χ2n) is 8.06. The van der Waals surface area contributed by atoms with E-state index in [0.29, 0.717) is 11.1 Å². The van der Waals surface area contributed by atoms with Crippen LogP contribution < -0.4 is 0 Å². The number of para-hydroxylation sites is 1. The molecule has 2 aliphatic heterocycles. The normalized spacial score (nSPS) is 18.0. The topological polar surface area (TPSA) is 56.4 Å². The number of benzene rings is 2. The first kappa shape index (κ1) is 18.1. The molecule has 2 aliphatic rings. The number of hydrogen-bond donors (Lipinski definition) is 1. The van der Waals surface area contributed by atoms with Crippen LogP contribution in [0.4, 0.5) is 0 Å². The molecule has 5 nitrogen and oxygen atoms in total. The van der Waals surface area contributed by atoms with Crippen molar-refractivity contribution in [3.05, 3.63) is 71.4 Å². The number of amides is 2. The van der Waals surface area contributed by atoms with Gasteiger partial charge in [0.15, 0.2) is 0 Å². The molecule has 0 bridgehead atoms. The monoisotopic (exact) mass is 387 g/mol. The van der Waals surface area contributed by atoms with E-state index in [-0.39, 0.29) is 17.9 Å². The zero-order valence-electron chi connectivity index (χ0n) is 16.4. The Labute approximate surface area is 170 Å². The average Bonchev–Trinajstić information content (AvgIpc) is 3.28. The number of carbonyl (C=O) groups excluding carboxylic acids is 2. The fourth-order valence-corrected chi connectivity index (χ4v) is 4.77. The lowest BCUT2D eigenvalue weighted by atomic mass is 10.0. The van der Waals surface area contributed by atoms with Crippen molar-refractivity contribution >= 4 is 22.7 Å². The van der Waals surface area contributed by atoms with Crippen molar-refractivity contribution in [2.24, 2.45) is 0 Å². The number of nitrogens with zero attached hydrogens (tertiary/aromatic N) is 2. The van der Waals surface area contributed by atoms with E-state index in [0.717, 1.165) is 45.3 Å². The Bertz CT molecular complexity index is 1030. The molecule has 1 N–H and O–H groups in total. The molecule has 5 heteroatoms. The van der Waals surface area contributed by atoms with Crippen LogP contribution in [0.25, 0.3) is 10.9 Å². The van der Waals surface area contributed by atoms with Crippen LogP contribution >= 0.6 is 0 Å². The van der Waals surface area contributed by atoms with E-state index in [1.54, 1.807) is 12.1 Å². The minimum Gasteiger partial charge on any atom is -0.361 e. The van der Waals surface area contributed by atoms with Crippen molar-refractivity contribution in [3.8, 4) is 0 Å². The van der Waals surface area contributed by atoms with Crippen LogP contribution in [-0.2, 0) is 6.42 Å². The van der Waals surface area contributed by atoms with E-state index < -0.39 is 0 Å². The van der Waals surface area contributed by atoms with Gasteiger partial charge in [0.25, 0.3) is 11.8 Å². The number of aromatic amines is 1. The van der Waals surface area contributed by atoms with Gasteiger partial charge in [-0.3, -0.25) is 14.5 Å². The molecule has 0 saturated carbocycles. The van der Waals surface area contributed by atoms with Gasteiger partial charge in [0, 0.05) is 36.2 Å². The highest BCUT2D eigenvalue weighted by atomic mass is 16.2. The molecule has 5 rings (SSSR count). The van der Waals surface area contributed by atoms with E-state index in [1.165, 1.54) is 21.4 Å². The molecule has 29 heavy (non-hydrogen) atoms. The number of imide groups is 1. The number of aryl methyl sites for hydroxylation is 1. The third-order valence-electron chi connectivity index (χ3n) is 6.34. The van der Waals surface area contributed by atoms with Crippen molar-refractivity contribution < 1.29 is 9.59 Å². The molecule has 1 aromatic heterocycles. The minimum atomic E-state index is -0.122. The molecule has 2 amide bonds. The third kappa shape index (κ3) is 3.25. The highest BCUT2D eigenvalue weighted by molar-refractivity contribution is 6.21. The van der Waals surface area contributed by atoms with Crippen molar-refractivity contribution in [2.75, 3.05) is 19.6 Å². The van der Waals surface area contributed by atoms with Gasteiger partial charge >= 0.3 is 0 Å². The Morgan fingerprint density at radius 2 is 1.55 bits per heavy atom. The highest BCUT2D eigenvalue weighted by Crippen LogP contribution is 2.28. The summed E-state index contributed by atoms with van der Waals surface area (Å²) in [5.74, 6) is -0.244. The van der Waals surface area contributed by atoms with Gasteiger partial charge < -0.3 is 9.88 Å². The lowest BCUT2D eigenvalue weighted by Crippen LogP contribution is -2.47. The van der Waals surface area contributed by atoms with E-state index in [9.17, 15) is 9.59 Å². The molecule has 0 aliphatic carbocycles. The van der Waals surface area contributed by atoms with Crippen LogP contribution in [0.2, 0.25) is 0 Å². The number of likely N-dealkylation sites (tertiary alicyclic amines) is 1. The summed E-state index contributed by atoms with van der Waals surface area (Å²) in [4.78, 5) is 32.7. The van der Waals surface area contributed by atoms with Gasteiger partial charge in [-0.05, 0) is 56.0 Å². The predicted octanol–water partition coefficient (Wildman–Crippen LogP) is 3.86. The first-order valence-corrected chi connectivity index (χ1v) is 10.5. The van der Waals surface area contributed by atoms with Gasteiger partial charge in [-0.25, -0.2) is 0 Å².